The third-order valence-corrected chi connectivity index (χ3v) is 2.25. The van der Waals surface area contributed by atoms with Crippen LogP contribution in [-0.4, -0.2) is 44.6 Å². The van der Waals surface area contributed by atoms with Crippen LogP contribution in [0.4, 0.5) is 0 Å². The molecule has 5 heteroatoms. The fraction of sp³-hybridized carbons (Fsp3) is 0.462. The molecule has 0 atom stereocenters. The second-order valence-corrected chi connectivity index (χ2v) is 3.58. The fourth-order valence-corrected chi connectivity index (χ4v) is 1.33. The molecule has 0 spiro atoms. The van der Waals surface area contributed by atoms with Gasteiger partial charge in [-0.2, -0.15) is 0 Å². The van der Waals surface area contributed by atoms with E-state index in [0.29, 0.717) is 32.0 Å². The van der Waals surface area contributed by atoms with Crippen molar-refractivity contribution in [1.29, 1.82) is 0 Å². The summed E-state index contributed by atoms with van der Waals surface area (Å²) in [5.74, 6) is -0.347. The van der Waals surface area contributed by atoms with E-state index in [1.54, 1.807) is 12.1 Å². The van der Waals surface area contributed by atoms with Crippen molar-refractivity contribution >= 4 is 5.97 Å². The molecule has 1 aromatic carbocycles. The Kier molecular flexibility index (Phi) is 7.01. The van der Waals surface area contributed by atoms with Crippen molar-refractivity contribution in [2.24, 2.45) is 0 Å². The Balaban J connectivity index is 2.25. The van der Waals surface area contributed by atoms with Crippen LogP contribution in [0.3, 0.4) is 0 Å². The van der Waals surface area contributed by atoms with E-state index in [9.17, 15) is 4.79 Å². The molecule has 0 heterocycles. The first kappa shape index (κ1) is 14.6. The van der Waals surface area contributed by atoms with Crippen LogP contribution in [0, 0.1) is 0 Å². The van der Waals surface area contributed by atoms with Gasteiger partial charge < -0.3 is 19.3 Å². The van der Waals surface area contributed by atoms with Gasteiger partial charge in [-0.3, -0.25) is 0 Å². The number of hydrogen-bond donors (Lipinski definition) is 1. The molecule has 0 aliphatic heterocycles. The Morgan fingerprint density at radius 1 is 1.11 bits per heavy atom. The van der Waals surface area contributed by atoms with Crippen LogP contribution < -0.4 is 0 Å². The minimum Gasteiger partial charge on any atom is -0.465 e. The summed E-state index contributed by atoms with van der Waals surface area (Å²) in [5.41, 5.74) is 1.50. The lowest BCUT2D eigenvalue weighted by molar-refractivity contribution is 0.0274. The van der Waals surface area contributed by atoms with Crippen molar-refractivity contribution in [3.63, 3.8) is 0 Å². The predicted octanol–water partition coefficient (Wildman–Crippen LogP) is 0.999. The Labute approximate surface area is 106 Å². The van der Waals surface area contributed by atoms with E-state index >= 15 is 0 Å². The maximum Gasteiger partial charge on any atom is 0.337 e. The van der Waals surface area contributed by atoms with Crippen molar-refractivity contribution in [1.82, 2.24) is 0 Å². The Morgan fingerprint density at radius 3 is 2.39 bits per heavy atom. The molecule has 18 heavy (non-hydrogen) atoms. The Bertz CT molecular complexity index is 347. The summed E-state index contributed by atoms with van der Waals surface area (Å²) in [4.78, 5) is 11.2. The summed E-state index contributed by atoms with van der Waals surface area (Å²) < 4.78 is 15.0. The van der Waals surface area contributed by atoms with E-state index in [0.717, 1.165) is 5.56 Å². The van der Waals surface area contributed by atoms with Gasteiger partial charge in [0.05, 0.1) is 45.7 Å². The van der Waals surface area contributed by atoms with Crippen LogP contribution in [0.2, 0.25) is 0 Å². The van der Waals surface area contributed by atoms with Crippen molar-refractivity contribution in [3.8, 4) is 0 Å². The second-order valence-electron chi connectivity index (χ2n) is 3.58. The summed E-state index contributed by atoms with van der Waals surface area (Å²) in [6.45, 7) is 1.75. The molecule has 0 aromatic heterocycles. The monoisotopic (exact) mass is 254 g/mol. The van der Waals surface area contributed by atoms with Crippen molar-refractivity contribution < 1.29 is 24.1 Å². The van der Waals surface area contributed by atoms with Crippen LogP contribution in [-0.2, 0) is 20.8 Å². The van der Waals surface area contributed by atoms with Crippen LogP contribution in [0.1, 0.15) is 15.9 Å². The molecule has 0 bridgehead atoms. The minimum atomic E-state index is -0.347. The first-order valence-electron chi connectivity index (χ1n) is 5.71. The number of methoxy groups -OCH3 is 1. The predicted molar refractivity (Wildman–Crippen MR) is 65.3 cm³/mol. The number of carbonyl (C=O) groups excluding carboxylic acids is 1. The highest BCUT2D eigenvalue weighted by Crippen LogP contribution is 2.06. The van der Waals surface area contributed by atoms with Crippen LogP contribution in [0.25, 0.3) is 0 Å². The quantitative estimate of drug-likeness (QED) is 0.554. The zero-order valence-electron chi connectivity index (χ0n) is 10.4. The maximum absolute atomic E-state index is 11.2. The Hall–Kier alpha value is -1.43. The maximum atomic E-state index is 11.2. The molecule has 0 aliphatic carbocycles. The van der Waals surface area contributed by atoms with Gasteiger partial charge in [0, 0.05) is 0 Å². The topological polar surface area (TPSA) is 65.0 Å². The number of rotatable bonds is 8. The van der Waals surface area contributed by atoms with Gasteiger partial charge >= 0.3 is 5.97 Å². The lowest BCUT2D eigenvalue weighted by Crippen LogP contribution is -2.07. The third-order valence-electron chi connectivity index (χ3n) is 2.25. The summed E-state index contributed by atoms with van der Waals surface area (Å²) in [5, 5.41) is 8.49. The van der Waals surface area contributed by atoms with Crippen molar-refractivity contribution in [2.75, 3.05) is 33.5 Å². The molecular formula is C13H18O5. The van der Waals surface area contributed by atoms with Gasteiger partial charge in [0.25, 0.3) is 0 Å². The number of esters is 1. The smallest absolute Gasteiger partial charge is 0.337 e. The highest BCUT2D eigenvalue weighted by Gasteiger charge is 2.03. The molecule has 0 unspecified atom stereocenters. The molecule has 0 aliphatic rings. The average molecular weight is 254 g/mol. The van der Waals surface area contributed by atoms with Crippen LogP contribution in [0.15, 0.2) is 24.3 Å². The molecule has 0 radical (unpaired) electrons. The van der Waals surface area contributed by atoms with Gasteiger partial charge in [0.1, 0.15) is 0 Å². The lowest BCUT2D eigenvalue weighted by atomic mass is 10.1. The zero-order valence-corrected chi connectivity index (χ0v) is 10.4. The van der Waals surface area contributed by atoms with Gasteiger partial charge in [0.2, 0.25) is 0 Å². The molecule has 100 valence electrons. The molecule has 0 saturated heterocycles. The van der Waals surface area contributed by atoms with E-state index in [1.807, 2.05) is 12.1 Å². The van der Waals surface area contributed by atoms with Crippen molar-refractivity contribution in [3.05, 3.63) is 35.4 Å². The number of benzene rings is 1. The lowest BCUT2D eigenvalue weighted by Gasteiger charge is -2.05. The minimum absolute atomic E-state index is 0.0228. The summed E-state index contributed by atoms with van der Waals surface area (Å²) in [6, 6.07) is 7.04. The van der Waals surface area contributed by atoms with E-state index in [-0.39, 0.29) is 12.6 Å². The second kappa shape index (κ2) is 8.63. The zero-order chi connectivity index (χ0) is 13.2. The van der Waals surface area contributed by atoms with Crippen LogP contribution >= 0.6 is 0 Å². The van der Waals surface area contributed by atoms with Gasteiger partial charge in [-0.1, -0.05) is 12.1 Å². The van der Waals surface area contributed by atoms with E-state index in [1.165, 1.54) is 7.11 Å². The standard InChI is InChI=1S/C13H18O5/c1-16-13(15)12-4-2-11(3-5-12)10-18-9-8-17-7-6-14/h2-5,14H,6-10H2,1H3. The first-order valence-corrected chi connectivity index (χ1v) is 5.71. The van der Waals surface area contributed by atoms with Gasteiger partial charge in [-0.15, -0.1) is 0 Å². The van der Waals surface area contributed by atoms with Crippen LogP contribution in [0.5, 0.6) is 0 Å². The van der Waals surface area contributed by atoms with E-state index < -0.39 is 0 Å². The number of aliphatic hydroxyl groups is 1. The molecule has 0 saturated carbocycles. The van der Waals surface area contributed by atoms with Crippen molar-refractivity contribution in [2.45, 2.75) is 6.61 Å². The number of ether oxygens (including phenoxy) is 3. The number of carbonyl (C=O) groups is 1. The van der Waals surface area contributed by atoms with E-state index in [2.05, 4.69) is 4.74 Å². The molecule has 1 aromatic rings. The SMILES string of the molecule is COC(=O)c1ccc(COCCOCCO)cc1. The molecule has 0 fully saturated rings. The van der Waals surface area contributed by atoms with E-state index in [4.69, 9.17) is 14.6 Å². The Morgan fingerprint density at radius 2 is 1.78 bits per heavy atom. The fourth-order valence-electron chi connectivity index (χ4n) is 1.33. The normalized spacial score (nSPS) is 10.3. The molecule has 1 N–H and O–H groups in total. The molecule has 5 nitrogen and oxygen atoms in total. The van der Waals surface area contributed by atoms with Gasteiger partial charge in [-0.05, 0) is 17.7 Å². The highest BCUT2D eigenvalue weighted by molar-refractivity contribution is 5.89. The average Bonchev–Trinajstić information content (AvgIpc) is 2.42. The molecule has 0 amide bonds. The molecule has 1 rings (SSSR count). The number of hydrogen-bond acceptors (Lipinski definition) is 5. The van der Waals surface area contributed by atoms with Gasteiger partial charge in [-0.25, -0.2) is 4.79 Å². The number of aliphatic hydroxyl groups excluding tert-OH is 1. The summed E-state index contributed by atoms with van der Waals surface area (Å²) in [6.07, 6.45) is 0. The molecular weight excluding hydrogens is 236 g/mol. The third kappa shape index (κ3) is 5.27. The summed E-state index contributed by atoms with van der Waals surface area (Å²) in [7, 11) is 1.35. The largest absolute Gasteiger partial charge is 0.465 e. The summed E-state index contributed by atoms with van der Waals surface area (Å²) >= 11 is 0. The first-order chi connectivity index (χ1) is 8.77. The van der Waals surface area contributed by atoms with Gasteiger partial charge in [0.15, 0.2) is 0 Å². The highest BCUT2D eigenvalue weighted by atomic mass is 16.5.